The minimum Gasteiger partial charge on any atom is -0.381 e. The van der Waals surface area contributed by atoms with Crippen molar-refractivity contribution in [1.82, 2.24) is 0 Å². The van der Waals surface area contributed by atoms with Gasteiger partial charge in [-0.3, -0.25) is 0 Å². The summed E-state index contributed by atoms with van der Waals surface area (Å²) in [7, 11) is 1.89. The molecule has 0 heterocycles. The Morgan fingerprint density at radius 2 is 1.60 bits per heavy atom. The van der Waals surface area contributed by atoms with Crippen molar-refractivity contribution in [3.8, 4) is 0 Å². The van der Waals surface area contributed by atoms with Gasteiger partial charge >= 0.3 is 0 Å². The first-order valence-corrected chi connectivity index (χ1v) is 9.27. The first-order valence-electron chi connectivity index (χ1n) is 9.27. The lowest BCUT2D eigenvalue weighted by Crippen LogP contribution is -2.33. The van der Waals surface area contributed by atoms with E-state index < -0.39 is 0 Å². The van der Waals surface area contributed by atoms with Gasteiger partial charge in [0.2, 0.25) is 0 Å². The molecule has 1 unspecified atom stereocenters. The topological polar surface area (TPSA) is 9.23 Å². The third-order valence-corrected chi connectivity index (χ3v) is 6.21. The van der Waals surface area contributed by atoms with Crippen LogP contribution in [0.1, 0.15) is 84.5 Å². The summed E-state index contributed by atoms with van der Waals surface area (Å²) in [5.41, 5.74) is 0. The highest BCUT2D eigenvalue weighted by molar-refractivity contribution is 4.84. The van der Waals surface area contributed by atoms with Gasteiger partial charge < -0.3 is 4.74 Å². The van der Waals surface area contributed by atoms with E-state index in [0.29, 0.717) is 6.10 Å². The standard InChI is InChI=1S/C19H36O/c1-4-5-6-7-16-8-10-17(11-9-16)18-12-13-19(20-3)15(2)14-18/h15-19H,4-14H2,1-3H3/t15-,16?,17?,18?,19-/m1/s1. The van der Waals surface area contributed by atoms with E-state index in [1.807, 2.05) is 7.11 Å². The SMILES string of the molecule is CCCCCC1CCC(C2CC[C@@H](OC)[C@H](C)C2)CC1. The molecule has 0 radical (unpaired) electrons. The second-order valence-electron chi connectivity index (χ2n) is 7.60. The minimum atomic E-state index is 0.539. The average Bonchev–Trinajstić information content (AvgIpc) is 2.48. The number of rotatable bonds is 6. The van der Waals surface area contributed by atoms with E-state index in [4.69, 9.17) is 4.74 Å². The summed E-state index contributed by atoms with van der Waals surface area (Å²) in [6.45, 7) is 4.71. The molecule has 0 amide bonds. The molecule has 0 spiro atoms. The summed E-state index contributed by atoms with van der Waals surface area (Å²) in [6.07, 6.45) is 16.6. The van der Waals surface area contributed by atoms with Gasteiger partial charge in [0.15, 0.2) is 0 Å². The van der Waals surface area contributed by atoms with Crippen molar-refractivity contribution in [1.29, 1.82) is 0 Å². The predicted molar refractivity (Wildman–Crippen MR) is 86.9 cm³/mol. The molecule has 2 aliphatic carbocycles. The van der Waals surface area contributed by atoms with Crippen LogP contribution in [0.25, 0.3) is 0 Å². The number of hydrogen-bond donors (Lipinski definition) is 0. The highest BCUT2D eigenvalue weighted by Crippen LogP contribution is 2.43. The third-order valence-electron chi connectivity index (χ3n) is 6.21. The van der Waals surface area contributed by atoms with E-state index in [1.54, 1.807) is 0 Å². The van der Waals surface area contributed by atoms with Crippen molar-refractivity contribution in [2.75, 3.05) is 7.11 Å². The van der Waals surface area contributed by atoms with Gasteiger partial charge in [0.05, 0.1) is 6.10 Å². The molecule has 2 rings (SSSR count). The summed E-state index contributed by atoms with van der Waals surface area (Å²) >= 11 is 0. The Morgan fingerprint density at radius 3 is 2.20 bits per heavy atom. The van der Waals surface area contributed by atoms with Crippen LogP contribution in [0.2, 0.25) is 0 Å². The summed E-state index contributed by atoms with van der Waals surface area (Å²) < 4.78 is 5.61. The molecule has 2 fully saturated rings. The lowest BCUT2D eigenvalue weighted by atomic mass is 9.68. The van der Waals surface area contributed by atoms with Crippen LogP contribution in [-0.2, 0) is 4.74 Å². The molecule has 0 aromatic rings. The lowest BCUT2D eigenvalue weighted by Gasteiger charge is -2.40. The van der Waals surface area contributed by atoms with Gasteiger partial charge in [-0.25, -0.2) is 0 Å². The zero-order valence-electron chi connectivity index (χ0n) is 14.1. The lowest BCUT2D eigenvalue weighted by molar-refractivity contribution is -0.000228. The highest BCUT2D eigenvalue weighted by atomic mass is 16.5. The van der Waals surface area contributed by atoms with Crippen LogP contribution in [0.4, 0.5) is 0 Å². The largest absolute Gasteiger partial charge is 0.381 e. The molecule has 1 nitrogen and oxygen atoms in total. The van der Waals surface area contributed by atoms with Crippen molar-refractivity contribution in [3.63, 3.8) is 0 Å². The zero-order valence-corrected chi connectivity index (χ0v) is 14.1. The van der Waals surface area contributed by atoms with E-state index >= 15 is 0 Å². The second kappa shape index (κ2) is 8.41. The van der Waals surface area contributed by atoms with Gasteiger partial charge in [-0.1, -0.05) is 52.4 Å². The predicted octanol–water partition coefficient (Wildman–Crippen LogP) is 5.82. The van der Waals surface area contributed by atoms with Crippen LogP contribution < -0.4 is 0 Å². The van der Waals surface area contributed by atoms with Gasteiger partial charge in [-0.2, -0.15) is 0 Å². The normalized spacial score (nSPS) is 38.9. The monoisotopic (exact) mass is 280 g/mol. The maximum atomic E-state index is 5.61. The van der Waals surface area contributed by atoms with E-state index in [2.05, 4.69) is 13.8 Å². The highest BCUT2D eigenvalue weighted by Gasteiger charge is 2.33. The van der Waals surface area contributed by atoms with Crippen LogP contribution in [0.3, 0.4) is 0 Å². The summed E-state index contributed by atoms with van der Waals surface area (Å²) in [4.78, 5) is 0. The zero-order chi connectivity index (χ0) is 14.4. The van der Waals surface area contributed by atoms with Crippen molar-refractivity contribution >= 4 is 0 Å². The van der Waals surface area contributed by atoms with E-state index in [1.165, 1.54) is 70.6 Å². The molecule has 0 N–H and O–H groups in total. The maximum Gasteiger partial charge on any atom is 0.0597 e. The van der Waals surface area contributed by atoms with E-state index in [-0.39, 0.29) is 0 Å². The van der Waals surface area contributed by atoms with Crippen molar-refractivity contribution in [3.05, 3.63) is 0 Å². The summed E-state index contributed by atoms with van der Waals surface area (Å²) in [5.74, 6) is 3.89. The first kappa shape index (κ1) is 16.3. The average molecular weight is 280 g/mol. The molecule has 118 valence electrons. The van der Waals surface area contributed by atoms with Crippen LogP contribution in [0, 0.1) is 23.7 Å². The van der Waals surface area contributed by atoms with Crippen molar-refractivity contribution in [2.24, 2.45) is 23.7 Å². The van der Waals surface area contributed by atoms with Crippen LogP contribution in [0.5, 0.6) is 0 Å². The Hall–Kier alpha value is -0.0400. The minimum absolute atomic E-state index is 0.539. The molecule has 0 aromatic carbocycles. The van der Waals surface area contributed by atoms with Gasteiger partial charge in [0.25, 0.3) is 0 Å². The number of hydrogen-bond acceptors (Lipinski definition) is 1. The third kappa shape index (κ3) is 4.48. The summed E-state index contributed by atoms with van der Waals surface area (Å²) in [5, 5.41) is 0. The van der Waals surface area contributed by atoms with Crippen LogP contribution >= 0.6 is 0 Å². The van der Waals surface area contributed by atoms with Crippen molar-refractivity contribution in [2.45, 2.75) is 90.6 Å². The Balaban J connectivity index is 1.69. The first-order chi connectivity index (χ1) is 9.74. The van der Waals surface area contributed by atoms with Crippen LogP contribution in [0.15, 0.2) is 0 Å². The fraction of sp³-hybridized carbons (Fsp3) is 1.00. The molecule has 2 aliphatic rings. The maximum absolute atomic E-state index is 5.61. The fourth-order valence-corrected chi connectivity index (χ4v) is 4.82. The molecular formula is C19H36O. The second-order valence-corrected chi connectivity index (χ2v) is 7.60. The molecule has 3 atom stereocenters. The molecule has 0 aliphatic heterocycles. The van der Waals surface area contributed by atoms with Gasteiger partial charge in [-0.15, -0.1) is 0 Å². The quantitative estimate of drug-likeness (QED) is 0.557. The van der Waals surface area contributed by atoms with Gasteiger partial charge in [0, 0.05) is 7.11 Å². The number of unbranched alkanes of at least 4 members (excludes halogenated alkanes) is 2. The fourth-order valence-electron chi connectivity index (χ4n) is 4.82. The van der Waals surface area contributed by atoms with E-state index in [0.717, 1.165) is 23.7 Å². The Kier molecular flexibility index (Phi) is 6.87. The van der Waals surface area contributed by atoms with Crippen LogP contribution in [-0.4, -0.2) is 13.2 Å². The Bertz CT molecular complexity index is 254. The molecular weight excluding hydrogens is 244 g/mol. The molecule has 20 heavy (non-hydrogen) atoms. The summed E-state index contributed by atoms with van der Waals surface area (Å²) in [6, 6.07) is 0. The molecule has 0 saturated heterocycles. The Morgan fingerprint density at radius 1 is 0.900 bits per heavy atom. The van der Waals surface area contributed by atoms with E-state index in [9.17, 15) is 0 Å². The van der Waals surface area contributed by atoms with Gasteiger partial charge in [0.1, 0.15) is 0 Å². The molecule has 0 bridgehead atoms. The smallest absolute Gasteiger partial charge is 0.0597 e. The number of methoxy groups -OCH3 is 1. The number of ether oxygens (including phenoxy) is 1. The molecule has 1 heteroatoms. The molecule has 2 saturated carbocycles. The molecule has 0 aromatic heterocycles. The van der Waals surface area contributed by atoms with Gasteiger partial charge in [-0.05, 0) is 55.8 Å². The van der Waals surface area contributed by atoms with Crippen molar-refractivity contribution < 1.29 is 4.74 Å². The Labute approximate surface area is 126 Å².